The van der Waals surface area contributed by atoms with Crippen LogP contribution < -0.4 is 4.90 Å². The highest BCUT2D eigenvalue weighted by molar-refractivity contribution is 6.31. The number of amides is 1. The van der Waals surface area contributed by atoms with E-state index in [9.17, 15) is 4.79 Å². The molecule has 2 fully saturated rings. The number of anilines is 1. The molecule has 0 aliphatic carbocycles. The maximum Gasteiger partial charge on any atom is 0.254 e. The van der Waals surface area contributed by atoms with Gasteiger partial charge in [0, 0.05) is 53.0 Å². The van der Waals surface area contributed by atoms with Crippen LogP contribution in [0, 0.1) is 12.8 Å². The molecule has 35 heavy (non-hydrogen) atoms. The van der Waals surface area contributed by atoms with Crippen LogP contribution in [0.5, 0.6) is 0 Å². The summed E-state index contributed by atoms with van der Waals surface area (Å²) in [4.78, 5) is 25.8. The van der Waals surface area contributed by atoms with Gasteiger partial charge in [-0.15, -0.1) is 0 Å². The third-order valence-corrected chi connectivity index (χ3v) is 7.29. The van der Waals surface area contributed by atoms with Crippen molar-refractivity contribution in [2.45, 2.75) is 52.1 Å². The average Bonchev–Trinajstić information content (AvgIpc) is 3.47. The van der Waals surface area contributed by atoms with Gasteiger partial charge in [-0.05, 0) is 61.8 Å². The number of azide groups is 1. The highest BCUT2D eigenvalue weighted by Crippen LogP contribution is 2.34. The summed E-state index contributed by atoms with van der Waals surface area (Å²) in [6.45, 7) is 7.13. The van der Waals surface area contributed by atoms with Crippen LogP contribution in [0.4, 0.5) is 5.82 Å². The molecule has 0 radical (unpaired) electrons. The third-order valence-electron chi connectivity index (χ3n) is 7.06. The van der Waals surface area contributed by atoms with Gasteiger partial charge < -0.3 is 9.80 Å². The number of rotatable bonds is 5. The number of fused-ring (bicyclic) bond motifs is 1. The lowest BCUT2D eigenvalue weighted by Crippen LogP contribution is -2.39. The molecule has 0 unspecified atom stereocenters. The summed E-state index contributed by atoms with van der Waals surface area (Å²) in [5.41, 5.74) is 12.6. The van der Waals surface area contributed by atoms with Crippen molar-refractivity contribution in [1.29, 1.82) is 0 Å². The number of aryl methyl sites for hydroxylation is 1. The van der Waals surface area contributed by atoms with Gasteiger partial charge in [0.05, 0.1) is 18.3 Å². The first kappa shape index (κ1) is 23.5. The number of nitrogens with zero attached hydrogens (tertiary/aromatic N) is 8. The summed E-state index contributed by atoms with van der Waals surface area (Å²) in [5, 5.41) is 8.98. The monoisotopic (exact) mass is 492 g/mol. The first-order chi connectivity index (χ1) is 16.9. The summed E-state index contributed by atoms with van der Waals surface area (Å²) in [6.07, 6.45) is 6.00. The average molecular weight is 493 g/mol. The Balaban J connectivity index is 1.48. The quantitative estimate of drug-likeness (QED) is 0.258. The van der Waals surface area contributed by atoms with Crippen LogP contribution in [0.25, 0.3) is 16.1 Å². The molecule has 0 bridgehead atoms. The molecule has 0 saturated carbocycles. The van der Waals surface area contributed by atoms with Crippen molar-refractivity contribution in [2.75, 3.05) is 24.5 Å². The van der Waals surface area contributed by atoms with Crippen LogP contribution in [0.1, 0.15) is 65.8 Å². The number of carbonyl (C=O) groups is 1. The highest BCUT2D eigenvalue weighted by Gasteiger charge is 2.32. The smallest absolute Gasteiger partial charge is 0.254 e. The highest BCUT2D eigenvalue weighted by atomic mass is 35.5. The zero-order valence-electron chi connectivity index (χ0n) is 20.1. The van der Waals surface area contributed by atoms with Crippen LogP contribution in [-0.4, -0.2) is 45.0 Å². The second-order valence-corrected chi connectivity index (χ2v) is 10.1. The predicted octanol–water partition coefficient (Wildman–Crippen LogP) is 5.72. The molecule has 2 aromatic heterocycles. The van der Waals surface area contributed by atoms with Gasteiger partial charge in [0.1, 0.15) is 5.82 Å². The number of carbonyl (C=O) groups excluding carboxylic acids is 1. The van der Waals surface area contributed by atoms with Crippen molar-refractivity contribution in [2.24, 2.45) is 11.0 Å². The normalized spacial score (nSPS) is 20.3. The van der Waals surface area contributed by atoms with Gasteiger partial charge in [-0.2, -0.15) is 5.10 Å². The summed E-state index contributed by atoms with van der Waals surface area (Å²) < 4.78 is 1.83. The second-order valence-electron chi connectivity index (χ2n) is 9.66. The summed E-state index contributed by atoms with van der Waals surface area (Å²) >= 11 is 6.23. The molecule has 2 atom stereocenters. The molecule has 4 heterocycles. The first-order valence-corrected chi connectivity index (χ1v) is 12.5. The molecule has 3 aromatic rings. The van der Waals surface area contributed by atoms with Gasteiger partial charge in [-0.3, -0.25) is 4.79 Å². The van der Waals surface area contributed by atoms with E-state index in [1.165, 1.54) is 6.42 Å². The van der Waals surface area contributed by atoms with Crippen molar-refractivity contribution in [3.8, 4) is 0 Å². The second kappa shape index (κ2) is 9.76. The Labute approximate surface area is 209 Å². The topological polar surface area (TPSA) is 102 Å². The number of aromatic nitrogens is 3. The van der Waals surface area contributed by atoms with Crippen molar-refractivity contribution >= 4 is 29.0 Å². The molecule has 2 aliphatic rings. The molecular weight excluding hydrogens is 464 g/mol. The van der Waals surface area contributed by atoms with Gasteiger partial charge in [-0.1, -0.05) is 29.7 Å². The Morgan fingerprint density at radius 1 is 1.26 bits per heavy atom. The Morgan fingerprint density at radius 3 is 2.89 bits per heavy atom. The molecule has 1 aromatic carbocycles. The minimum absolute atomic E-state index is 0.0999. The summed E-state index contributed by atoms with van der Waals surface area (Å²) in [7, 11) is 0. The molecule has 2 aliphatic heterocycles. The molecule has 0 spiro atoms. The van der Waals surface area contributed by atoms with E-state index in [2.05, 4.69) is 28.8 Å². The van der Waals surface area contributed by atoms with Crippen molar-refractivity contribution in [1.82, 2.24) is 19.5 Å². The van der Waals surface area contributed by atoms with Crippen LogP contribution >= 0.6 is 11.6 Å². The predicted molar refractivity (Wildman–Crippen MR) is 136 cm³/mol. The van der Waals surface area contributed by atoms with Crippen molar-refractivity contribution in [3.63, 3.8) is 0 Å². The standard InChI is InChI=1S/C25H29ClN8O/c1-16-8-10-32(14-16)24-17(2)15-34-23(29-24)12-21(30-34)22-5-3-4-9-33(22)25(35)20-11-19(26)7-6-18(20)13-28-31-27/h6-7,11-12,15-16,22H,3-5,8-10,13-14H2,1-2H3/t16-,22-/m0/s1. The Hall–Kier alpha value is -3.29. The molecule has 9 nitrogen and oxygen atoms in total. The molecule has 0 N–H and O–H groups in total. The van der Waals surface area contributed by atoms with E-state index in [0.717, 1.165) is 55.1 Å². The lowest BCUT2D eigenvalue weighted by molar-refractivity contribution is 0.0604. The van der Waals surface area contributed by atoms with Gasteiger partial charge in [0.25, 0.3) is 5.91 Å². The van der Waals surface area contributed by atoms with Crippen LogP contribution in [0.3, 0.4) is 0 Å². The molecular formula is C25H29ClN8O. The maximum atomic E-state index is 13.7. The van der Waals surface area contributed by atoms with Gasteiger partial charge in [0.2, 0.25) is 0 Å². The molecule has 1 amide bonds. The van der Waals surface area contributed by atoms with E-state index < -0.39 is 0 Å². The fourth-order valence-electron chi connectivity index (χ4n) is 5.26. The van der Waals surface area contributed by atoms with Gasteiger partial charge in [-0.25, -0.2) is 9.50 Å². The first-order valence-electron chi connectivity index (χ1n) is 12.2. The summed E-state index contributed by atoms with van der Waals surface area (Å²) in [6, 6.07) is 6.98. The molecule has 5 rings (SSSR count). The number of hydrogen-bond acceptors (Lipinski definition) is 5. The van der Waals surface area contributed by atoms with E-state index in [1.54, 1.807) is 18.2 Å². The fraction of sp³-hybridized carbons (Fsp3) is 0.480. The lowest BCUT2D eigenvalue weighted by atomic mass is 9.97. The molecule has 2 saturated heterocycles. The lowest BCUT2D eigenvalue weighted by Gasteiger charge is -2.35. The van der Waals surface area contributed by atoms with E-state index in [1.807, 2.05) is 21.7 Å². The van der Waals surface area contributed by atoms with E-state index in [-0.39, 0.29) is 18.5 Å². The Bertz CT molecular complexity index is 1310. The van der Waals surface area contributed by atoms with Gasteiger partial charge >= 0.3 is 0 Å². The van der Waals surface area contributed by atoms with Crippen molar-refractivity contribution in [3.05, 3.63) is 68.3 Å². The Kier molecular flexibility index (Phi) is 6.54. The third kappa shape index (κ3) is 4.66. The van der Waals surface area contributed by atoms with Crippen LogP contribution in [0.15, 0.2) is 35.6 Å². The largest absolute Gasteiger partial charge is 0.356 e. The summed E-state index contributed by atoms with van der Waals surface area (Å²) in [5.74, 6) is 1.57. The molecule has 182 valence electrons. The van der Waals surface area contributed by atoms with Crippen LogP contribution in [-0.2, 0) is 6.54 Å². The fourth-order valence-corrected chi connectivity index (χ4v) is 5.43. The Morgan fingerprint density at radius 2 is 2.11 bits per heavy atom. The number of hydrogen-bond donors (Lipinski definition) is 0. The van der Waals surface area contributed by atoms with Crippen molar-refractivity contribution < 1.29 is 4.79 Å². The van der Waals surface area contributed by atoms with Crippen LogP contribution in [0.2, 0.25) is 5.02 Å². The van der Waals surface area contributed by atoms with Gasteiger partial charge in [0.15, 0.2) is 5.65 Å². The zero-order chi connectivity index (χ0) is 24.5. The zero-order valence-corrected chi connectivity index (χ0v) is 20.8. The SMILES string of the molecule is Cc1cn2nc([C@@H]3CCCCN3C(=O)c3cc(Cl)ccc3CN=[N+]=[N-])cc2nc1N1CC[C@H](C)C1. The number of likely N-dealkylation sites (tertiary alicyclic amines) is 1. The van der Waals surface area contributed by atoms with E-state index in [4.69, 9.17) is 27.2 Å². The number of halogens is 1. The minimum atomic E-state index is -0.153. The minimum Gasteiger partial charge on any atom is -0.356 e. The maximum absolute atomic E-state index is 13.7. The van der Waals surface area contributed by atoms with E-state index >= 15 is 0 Å². The number of benzene rings is 1. The van der Waals surface area contributed by atoms with E-state index in [0.29, 0.717) is 28.6 Å². The molecule has 10 heteroatoms. The number of piperidine rings is 1.